The minimum absolute atomic E-state index is 0.257. The highest BCUT2D eigenvalue weighted by molar-refractivity contribution is 7.92. The molecule has 1 aliphatic rings. The number of hydrogen-bond donors (Lipinski definition) is 1. The lowest BCUT2D eigenvalue weighted by molar-refractivity contribution is 0.0957. The lowest BCUT2D eigenvalue weighted by Crippen LogP contribution is -2.32. The molecule has 0 radical (unpaired) electrons. The third kappa shape index (κ3) is 4.85. The number of aromatic nitrogens is 2. The van der Waals surface area contributed by atoms with Gasteiger partial charge in [0, 0.05) is 37.7 Å². The van der Waals surface area contributed by atoms with Gasteiger partial charge in [-0.3, -0.25) is 9.10 Å². The predicted molar refractivity (Wildman–Crippen MR) is 130 cm³/mol. The topological polar surface area (TPSA) is 93.5 Å². The van der Waals surface area contributed by atoms with Crippen LogP contribution in [0.15, 0.2) is 36.4 Å². The van der Waals surface area contributed by atoms with Gasteiger partial charge in [0.1, 0.15) is 5.69 Å². The van der Waals surface area contributed by atoms with Gasteiger partial charge in [-0.15, -0.1) is 0 Å². The summed E-state index contributed by atoms with van der Waals surface area (Å²) in [6.07, 6.45) is 3.74. The van der Waals surface area contributed by atoms with Crippen LogP contribution >= 0.6 is 11.6 Å². The number of sulfonamides is 1. The van der Waals surface area contributed by atoms with E-state index in [0.717, 1.165) is 18.4 Å². The van der Waals surface area contributed by atoms with Crippen LogP contribution in [-0.4, -0.2) is 57.7 Å². The largest absolute Gasteiger partial charge is 0.385 e. The number of carbonyl (C=O) groups is 1. The fourth-order valence-electron chi connectivity index (χ4n) is 4.00. The van der Waals surface area contributed by atoms with E-state index in [0.29, 0.717) is 52.6 Å². The molecule has 1 aliphatic carbocycles. The molecule has 0 atom stereocenters. The summed E-state index contributed by atoms with van der Waals surface area (Å²) in [7, 11) is -0.360. The zero-order valence-corrected chi connectivity index (χ0v) is 20.4. The molecule has 1 fully saturated rings. The second-order valence-corrected chi connectivity index (χ2v) is 10.5. The summed E-state index contributed by atoms with van der Waals surface area (Å²) in [6, 6.07) is 10.8. The van der Waals surface area contributed by atoms with E-state index in [1.807, 2.05) is 6.07 Å². The molecule has 3 aromatic rings. The Kier molecular flexibility index (Phi) is 6.65. The van der Waals surface area contributed by atoms with E-state index in [1.54, 1.807) is 49.2 Å². The van der Waals surface area contributed by atoms with Crippen molar-refractivity contribution in [1.29, 1.82) is 0 Å². The molecule has 1 N–H and O–H groups in total. The van der Waals surface area contributed by atoms with E-state index in [-0.39, 0.29) is 11.8 Å². The van der Waals surface area contributed by atoms with Crippen LogP contribution in [0.25, 0.3) is 16.6 Å². The molecule has 1 aromatic heterocycles. The number of amides is 1. The first kappa shape index (κ1) is 23.5. The van der Waals surface area contributed by atoms with Crippen LogP contribution in [0.2, 0.25) is 5.02 Å². The van der Waals surface area contributed by atoms with Crippen molar-refractivity contribution in [3.05, 3.63) is 52.7 Å². The number of ether oxygens (including phenoxy) is 1. The molecular formula is C23H27ClN4O4S. The molecular weight excluding hydrogens is 464 g/mol. The van der Waals surface area contributed by atoms with E-state index in [1.165, 1.54) is 10.6 Å². The maximum atomic E-state index is 12.9. The molecule has 0 aliphatic heterocycles. The van der Waals surface area contributed by atoms with E-state index >= 15 is 0 Å². The van der Waals surface area contributed by atoms with Crippen molar-refractivity contribution >= 4 is 44.1 Å². The van der Waals surface area contributed by atoms with Gasteiger partial charge in [0.25, 0.3) is 5.91 Å². The first-order chi connectivity index (χ1) is 15.7. The van der Waals surface area contributed by atoms with Crippen LogP contribution < -0.4 is 9.62 Å². The summed E-state index contributed by atoms with van der Waals surface area (Å²) >= 11 is 6.04. The van der Waals surface area contributed by atoms with Crippen LogP contribution in [0.5, 0.6) is 0 Å². The summed E-state index contributed by atoms with van der Waals surface area (Å²) in [4.78, 5) is 12.9. The fraction of sp³-hybridized carbons (Fsp3) is 0.391. The number of fused-ring (bicyclic) bond motifs is 1. The van der Waals surface area contributed by atoms with Crippen molar-refractivity contribution in [3.63, 3.8) is 0 Å². The van der Waals surface area contributed by atoms with E-state index in [2.05, 4.69) is 5.32 Å². The van der Waals surface area contributed by atoms with Gasteiger partial charge in [-0.2, -0.15) is 5.10 Å². The van der Waals surface area contributed by atoms with Crippen LogP contribution in [0.3, 0.4) is 0 Å². The Bertz CT molecular complexity index is 1280. The molecule has 1 amide bonds. The minimum Gasteiger partial charge on any atom is -0.385 e. The molecule has 0 spiro atoms. The van der Waals surface area contributed by atoms with Gasteiger partial charge in [-0.1, -0.05) is 11.6 Å². The maximum Gasteiger partial charge on any atom is 0.270 e. The number of anilines is 1. The second-order valence-electron chi connectivity index (χ2n) is 8.20. The second kappa shape index (κ2) is 9.32. The standard InChI is InChI=1S/C23H27ClN4O4S/c1-25-23(29)22-19-13-18(15-5-6-15)21(27(33(3,30)31)11-4-12-32-2)14-20(19)26-28(22)17-9-7-16(24)8-10-17/h7-10,13-15H,4-6,11-12H2,1-3H3,(H,25,29). The van der Waals surface area contributed by atoms with Crippen LogP contribution in [0.4, 0.5) is 5.69 Å². The Balaban J connectivity index is 1.93. The zero-order valence-electron chi connectivity index (χ0n) is 18.8. The molecule has 0 unspecified atom stereocenters. The van der Waals surface area contributed by atoms with Gasteiger partial charge in [0.2, 0.25) is 10.0 Å². The molecule has 8 nitrogen and oxygen atoms in total. The minimum atomic E-state index is -3.53. The SMILES string of the molecule is CNC(=O)c1c2cc(C3CC3)c(N(CCCOC)S(C)(=O)=O)cc2nn1-c1ccc(Cl)cc1. The molecule has 1 heterocycles. The summed E-state index contributed by atoms with van der Waals surface area (Å²) in [5, 5.41) is 8.65. The van der Waals surface area contributed by atoms with Gasteiger partial charge in [-0.05, 0) is 67.1 Å². The van der Waals surface area contributed by atoms with E-state index in [4.69, 9.17) is 21.4 Å². The summed E-state index contributed by atoms with van der Waals surface area (Å²) in [5.74, 6) is -0.0190. The van der Waals surface area contributed by atoms with Gasteiger partial charge in [0.15, 0.2) is 0 Å². The van der Waals surface area contributed by atoms with Crippen molar-refractivity contribution in [1.82, 2.24) is 15.1 Å². The fourth-order valence-corrected chi connectivity index (χ4v) is 5.10. The molecule has 0 bridgehead atoms. The Morgan fingerprint density at radius 3 is 2.55 bits per heavy atom. The molecule has 4 rings (SSSR count). The molecule has 33 heavy (non-hydrogen) atoms. The third-order valence-corrected chi connectivity index (χ3v) is 7.16. The molecule has 176 valence electrons. The van der Waals surface area contributed by atoms with Gasteiger partial charge < -0.3 is 10.1 Å². The van der Waals surface area contributed by atoms with Gasteiger partial charge >= 0.3 is 0 Å². The molecule has 2 aromatic carbocycles. The number of methoxy groups -OCH3 is 1. The summed E-state index contributed by atoms with van der Waals surface area (Å²) < 4.78 is 33.6. The quantitative estimate of drug-likeness (QED) is 0.461. The predicted octanol–water partition coefficient (Wildman–Crippen LogP) is 3.72. The van der Waals surface area contributed by atoms with Crippen LogP contribution in [-0.2, 0) is 14.8 Å². The Hall–Kier alpha value is -2.62. The maximum absolute atomic E-state index is 12.9. The Morgan fingerprint density at radius 1 is 1.27 bits per heavy atom. The smallest absolute Gasteiger partial charge is 0.270 e. The first-order valence-electron chi connectivity index (χ1n) is 10.8. The lowest BCUT2D eigenvalue weighted by atomic mass is 10.0. The highest BCUT2D eigenvalue weighted by Gasteiger charge is 2.32. The summed E-state index contributed by atoms with van der Waals surface area (Å²) in [5.41, 5.74) is 3.17. The molecule has 10 heteroatoms. The number of halogens is 1. The van der Waals surface area contributed by atoms with Gasteiger partial charge in [-0.25, -0.2) is 13.1 Å². The van der Waals surface area contributed by atoms with E-state index in [9.17, 15) is 13.2 Å². The Labute approximate surface area is 198 Å². The van der Waals surface area contributed by atoms with Crippen molar-refractivity contribution < 1.29 is 17.9 Å². The lowest BCUT2D eigenvalue weighted by Gasteiger charge is -2.25. The number of nitrogens with zero attached hydrogens (tertiary/aromatic N) is 3. The van der Waals surface area contributed by atoms with Crippen molar-refractivity contribution in [3.8, 4) is 5.69 Å². The Morgan fingerprint density at radius 2 is 1.97 bits per heavy atom. The monoisotopic (exact) mass is 490 g/mol. The highest BCUT2D eigenvalue weighted by Crippen LogP contribution is 2.46. The van der Waals surface area contributed by atoms with Crippen molar-refractivity contribution in [2.75, 3.05) is 37.9 Å². The number of carbonyl (C=O) groups excluding carboxylic acids is 1. The van der Waals surface area contributed by atoms with Crippen LogP contribution in [0.1, 0.15) is 41.2 Å². The summed E-state index contributed by atoms with van der Waals surface area (Å²) in [6.45, 7) is 0.761. The number of rotatable bonds is 9. The number of benzene rings is 2. The number of nitrogens with one attached hydrogen (secondary N) is 1. The third-order valence-electron chi connectivity index (χ3n) is 5.73. The average molecular weight is 491 g/mol. The van der Waals surface area contributed by atoms with E-state index < -0.39 is 10.0 Å². The van der Waals surface area contributed by atoms with Crippen molar-refractivity contribution in [2.24, 2.45) is 0 Å². The highest BCUT2D eigenvalue weighted by atomic mass is 35.5. The average Bonchev–Trinajstić information content (AvgIpc) is 3.55. The molecule has 1 saturated carbocycles. The normalized spacial score (nSPS) is 13.9. The molecule has 0 saturated heterocycles. The van der Waals surface area contributed by atoms with Gasteiger partial charge in [0.05, 0.1) is 23.1 Å². The van der Waals surface area contributed by atoms with Crippen molar-refractivity contribution in [2.45, 2.75) is 25.2 Å². The van der Waals surface area contributed by atoms with Crippen LogP contribution in [0, 0.1) is 0 Å². The first-order valence-corrected chi connectivity index (χ1v) is 13.0. The number of hydrogen-bond acceptors (Lipinski definition) is 5. The zero-order chi connectivity index (χ0) is 23.8.